The van der Waals surface area contributed by atoms with Crippen LogP contribution in [0, 0.1) is 33.5 Å². The molecule has 3 amide bonds. The first-order valence-corrected chi connectivity index (χ1v) is 23.0. The van der Waals surface area contributed by atoms with Gasteiger partial charge in [-0.25, -0.2) is 0 Å². The zero-order valence-electron chi connectivity index (χ0n) is 45.5. The van der Waals surface area contributed by atoms with E-state index in [1.165, 1.54) is 6.42 Å². The van der Waals surface area contributed by atoms with Crippen LogP contribution in [0.15, 0.2) is 0 Å². The Morgan fingerprint density at radius 3 is 1.20 bits per heavy atom. The molecule has 8 nitrogen and oxygen atoms in total. The van der Waals surface area contributed by atoms with Crippen molar-refractivity contribution in [2.75, 3.05) is 19.7 Å². The average molecular weight is 843 g/mol. The Labute approximate surface area is 371 Å². The van der Waals surface area contributed by atoms with Gasteiger partial charge in [-0.2, -0.15) is 0 Å². The summed E-state index contributed by atoms with van der Waals surface area (Å²) in [5.41, 5.74) is 1.10. The molecule has 0 fully saturated rings. The maximum Gasteiger partial charge on any atom is 0.225 e. The second-order valence-electron chi connectivity index (χ2n) is 25.5. The molecule has 0 saturated carbocycles. The summed E-state index contributed by atoms with van der Waals surface area (Å²) in [7, 11) is 0. The van der Waals surface area contributed by atoms with Crippen LogP contribution in [-0.2, 0) is 19.1 Å². The van der Waals surface area contributed by atoms with Crippen molar-refractivity contribution in [3.63, 3.8) is 0 Å². The molecule has 0 heterocycles. The fraction of sp³-hybridized carbons (Fsp3) is 0.941. The number of carbonyl (C=O) groups excluding carboxylic acids is 3. The van der Waals surface area contributed by atoms with Gasteiger partial charge in [0.2, 0.25) is 17.7 Å². The van der Waals surface area contributed by atoms with Crippen LogP contribution in [0.3, 0.4) is 0 Å². The molecule has 0 radical (unpaired) electrons. The van der Waals surface area contributed by atoms with Gasteiger partial charge in [0.25, 0.3) is 0 Å². The summed E-state index contributed by atoms with van der Waals surface area (Å²) in [6, 6.07) is 0.549. The molecule has 0 aliphatic heterocycles. The standard InChI is InChI=1S/C12H25NO.C11H23NO.C10H23N.C10H22O.C8H17NO/c1-9(2)8-11(14)13(10(3)4)12(5,6)7;1-10(2,3)7-8-12-9(13)11(4,5)6;2*1-9(2,3)7-8-11-10(4,5)6;1-6(2)5-8(10)9-7(3)4/h9-10H,8H2,1-7H3;7-8H2,1-6H3,(H,12,13);11H,7-8H2,1-6H3;7-8H2,1-6H3;6-7H,5H2,1-4H3,(H,9,10). The van der Waals surface area contributed by atoms with Crippen LogP contribution in [-0.4, -0.2) is 71.1 Å². The number of nitrogens with one attached hydrogen (secondary N) is 3. The van der Waals surface area contributed by atoms with Gasteiger partial charge in [-0.15, -0.1) is 0 Å². The minimum absolute atomic E-state index is 0.0191. The van der Waals surface area contributed by atoms with E-state index in [0.717, 1.165) is 32.5 Å². The summed E-state index contributed by atoms with van der Waals surface area (Å²) in [5.74, 6) is 1.45. The van der Waals surface area contributed by atoms with E-state index in [1.807, 2.05) is 53.4 Å². The second-order valence-corrected chi connectivity index (χ2v) is 25.5. The van der Waals surface area contributed by atoms with E-state index in [2.05, 4.69) is 168 Å². The molecule has 0 rings (SSSR count). The average Bonchev–Trinajstić information content (AvgIpc) is 2.87. The largest absolute Gasteiger partial charge is 0.376 e. The third-order valence-electron chi connectivity index (χ3n) is 7.89. The first-order valence-electron chi connectivity index (χ1n) is 23.0. The lowest BCUT2D eigenvalue weighted by Crippen LogP contribution is -2.49. The molecular formula is C51H110N4O4. The monoisotopic (exact) mass is 843 g/mol. The molecule has 0 aliphatic rings. The Morgan fingerprint density at radius 1 is 0.542 bits per heavy atom. The minimum Gasteiger partial charge on any atom is -0.376 e. The first kappa shape index (κ1) is 66.4. The van der Waals surface area contributed by atoms with Crippen LogP contribution in [0.1, 0.15) is 233 Å². The molecule has 0 aromatic carbocycles. The van der Waals surface area contributed by atoms with Gasteiger partial charge in [0.05, 0.1) is 5.60 Å². The van der Waals surface area contributed by atoms with Crippen LogP contribution in [0.25, 0.3) is 0 Å². The molecule has 8 heteroatoms. The molecule has 0 aliphatic carbocycles. The van der Waals surface area contributed by atoms with Gasteiger partial charge in [-0.3, -0.25) is 14.4 Å². The van der Waals surface area contributed by atoms with Crippen LogP contribution >= 0.6 is 0 Å². The van der Waals surface area contributed by atoms with Gasteiger partial charge in [-0.1, -0.05) is 111 Å². The predicted molar refractivity (Wildman–Crippen MR) is 262 cm³/mol. The number of rotatable bonds is 12. The molecule has 0 atom stereocenters. The number of amides is 3. The van der Waals surface area contributed by atoms with Crippen molar-refractivity contribution < 1.29 is 19.1 Å². The predicted octanol–water partition coefficient (Wildman–Crippen LogP) is 13.3. The smallest absolute Gasteiger partial charge is 0.225 e. The van der Waals surface area contributed by atoms with Gasteiger partial charge in [-0.05, 0) is 144 Å². The summed E-state index contributed by atoms with van der Waals surface area (Å²) in [6.45, 7) is 64.1. The SMILES string of the molecule is CC(C)(C)CCNC(=O)C(C)(C)C.CC(C)(C)CCNC(C)(C)C.CC(C)(C)CCOC(C)(C)C.CC(C)CC(=O)N(C(C)C)C(C)(C)C.CC(C)CC(=O)NC(C)C. The van der Waals surface area contributed by atoms with Crippen molar-refractivity contribution in [3.05, 3.63) is 0 Å². The Hall–Kier alpha value is -1.67. The summed E-state index contributed by atoms with van der Waals surface area (Å²) in [6.07, 6.45) is 4.68. The Morgan fingerprint density at radius 2 is 0.932 bits per heavy atom. The number of hydrogen-bond acceptors (Lipinski definition) is 5. The molecule has 59 heavy (non-hydrogen) atoms. The van der Waals surface area contributed by atoms with E-state index in [1.54, 1.807) is 0 Å². The lowest BCUT2D eigenvalue weighted by molar-refractivity contribution is -0.139. The van der Waals surface area contributed by atoms with Crippen molar-refractivity contribution in [2.24, 2.45) is 33.5 Å². The van der Waals surface area contributed by atoms with Crippen molar-refractivity contribution in [3.8, 4) is 0 Å². The van der Waals surface area contributed by atoms with Gasteiger partial charge in [0.1, 0.15) is 0 Å². The zero-order chi connectivity index (χ0) is 48.6. The molecular weight excluding hydrogens is 733 g/mol. The summed E-state index contributed by atoms with van der Waals surface area (Å²) >= 11 is 0. The Kier molecular flexibility index (Phi) is 33.3. The highest BCUT2D eigenvalue weighted by Crippen LogP contribution is 2.22. The molecule has 0 unspecified atom stereocenters. The van der Waals surface area contributed by atoms with Crippen LogP contribution < -0.4 is 16.0 Å². The van der Waals surface area contributed by atoms with Crippen LogP contribution in [0.2, 0.25) is 0 Å². The van der Waals surface area contributed by atoms with Crippen molar-refractivity contribution >= 4 is 17.7 Å². The van der Waals surface area contributed by atoms with Gasteiger partial charge in [0.15, 0.2) is 0 Å². The maximum absolute atomic E-state index is 12.0. The fourth-order valence-electron chi connectivity index (χ4n) is 4.93. The number of carbonyl (C=O) groups is 3. The molecule has 0 saturated heterocycles. The minimum atomic E-state index is -0.266. The summed E-state index contributed by atoms with van der Waals surface area (Å²) in [4.78, 5) is 36.3. The summed E-state index contributed by atoms with van der Waals surface area (Å²) < 4.78 is 5.61. The van der Waals surface area contributed by atoms with Crippen LogP contribution in [0.4, 0.5) is 0 Å². The normalized spacial score (nSPS) is 12.6. The third-order valence-corrected chi connectivity index (χ3v) is 7.89. The fourth-order valence-corrected chi connectivity index (χ4v) is 4.93. The van der Waals surface area contributed by atoms with Crippen molar-refractivity contribution in [2.45, 2.75) is 262 Å². The highest BCUT2D eigenvalue weighted by atomic mass is 16.5. The van der Waals surface area contributed by atoms with Gasteiger partial charge in [0, 0.05) is 54.6 Å². The van der Waals surface area contributed by atoms with E-state index in [0.29, 0.717) is 40.9 Å². The molecule has 0 spiro atoms. The van der Waals surface area contributed by atoms with E-state index >= 15 is 0 Å². The quantitative estimate of drug-likeness (QED) is 0.182. The lowest BCUT2D eigenvalue weighted by Gasteiger charge is -2.39. The zero-order valence-corrected chi connectivity index (χ0v) is 45.5. The molecule has 358 valence electrons. The Bertz CT molecular complexity index is 1010. The third kappa shape index (κ3) is 58.5. The van der Waals surface area contributed by atoms with Gasteiger partial charge < -0.3 is 25.6 Å². The molecule has 0 aromatic heterocycles. The van der Waals surface area contributed by atoms with Gasteiger partial charge >= 0.3 is 0 Å². The lowest BCUT2D eigenvalue weighted by atomic mass is 9.91. The molecule has 0 aromatic rings. The topological polar surface area (TPSA) is 99.8 Å². The van der Waals surface area contributed by atoms with E-state index in [4.69, 9.17) is 4.74 Å². The van der Waals surface area contributed by atoms with Crippen molar-refractivity contribution in [1.82, 2.24) is 20.9 Å². The molecule has 0 bridgehead atoms. The first-order chi connectivity index (χ1) is 25.7. The number of hydrogen-bond donors (Lipinski definition) is 3. The summed E-state index contributed by atoms with van der Waals surface area (Å²) in [5, 5.41) is 9.25. The Balaban J connectivity index is -0.000000207. The van der Waals surface area contributed by atoms with E-state index in [-0.39, 0.29) is 51.9 Å². The highest BCUT2D eigenvalue weighted by molar-refractivity contribution is 5.81. The second kappa shape index (κ2) is 29.6. The maximum atomic E-state index is 12.0. The highest BCUT2D eigenvalue weighted by Gasteiger charge is 2.28. The van der Waals surface area contributed by atoms with E-state index in [9.17, 15) is 14.4 Å². The number of ether oxygens (including phenoxy) is 1. The molecule has 3 N–H and O–H groups in total. The van der Waals surface area contributed by atoms with E-state index < -0.39 is 0 Å². The van der Waals surface area contributed by atoms with Crippen LogP contribution in [0.5, 0.6) is 0 Å². The van der Waals surface area contributed by atoms with Crippen molar-refractivity contribution in [1.29, 1.82) is 0 Å². The number of nitrogens with zero attached hydrogens (tertiary/aromatic N) is 1.